The van der Waals surface area contributed by atoms with Crippen LogP contribution in [-0.4, -0.2) is 22.8 Å². The third kappa shape index (κ3) is 2.22. The number of nitrogens with zero attached hydrogens (tertiary/aromatic N) is 3. The second-order valence-electron chi connectivity index (χ2n) is 4.16. The number of para-hydroxylation sites is 1. The van der Waals surface area contributed by atoms with E-state index in [0.29, 0.717) is 11.0 Å². The van der Waals surface area contributed by atoms with E-state index in [2.05, 4.69) is 10.3 Å². The molecule has 1 heterocycles. The van der Waals surface area contributed by atoms with E-state index in [1.807, 2.05) is 18.2 Å². The molecule has 1 aromatic heterocycles. The Hall–Kier alpha value is -2.21. The van der Waals surface area contributed by atoms with Gasteiger partial charge in [0.05, 0.1) is 5.75 Å². The summed E-state index contributed by atoms with van der Waals surface area (Å²) in [6.45, 7) is 0. The minimum atomic E-state index is -3.55. The molecule has 0 aliphatic rings. The lowest BCUT2D eigenvalue weighted by molar-refractivity contribution is 0.578. The highest BCUT2D eigenvalue weighted by molar-refractivity contribution is 7.89. The molecule has 96 valence electrons. The first-order valence-electron chi connectivity index (χ1n) is 5.74. The number of fused-ring (bicyclic) bond motifs is 1. The van der Waals surface area contributed by atoms with Crippen molar-refractivity contribution in [3.63, 3.8) is 0 Å². The maximum atomic E-state index is 12.3. The second kappa shape index (κ2) is 4.47. The molecule has 6 heteroatoms. The van der Waals surface area contributed by atoms with Gasteiger partial charge in [0.25, 0.3) is 10.0 Å². The Balaban J connectivity index is 2.05. The van der Waals surface area contributed by atoms with Crippen LogP contribution in [0.15, 0.2) is 54.6 Å². The molecule has 0 N–H and O–H groups in total. The fraction of sp³-hybridized carbons (Fsp3) is 0.0769. The molecule has 0 bridgehead atoms. The van der Waals surface area contributed by atoms with Crippen molar-refractivity contribution in [2.24, 2.45) is 0 Å². The zero-order valence-electron chi connectivity index (χ0n) is 9.97. The lowest BCUT2D eigenvalue weighted by atomic mass is 10.2. The summed E-state index contributed by atoms with van der Waals surface area (Å²) in [5.41, 5.74) is 1.79. The molecule has 2 aromatic carbocycles. The van der Waals surface area contributed by atoms with Crippen LogP contribution in [0.5, 0.6) is 0 Å². The number of hydrogen-bond acceptors (Lipinski definition) is 4. The van der Waals surface area contributed by atoms with Crippen molar-refractivity contribution in [3.05, 3.63) is 60.2 Å². The van der Waals surface area contributed by atoms with Crippen LogP contribution in [-0.2, 0) is 15.8 Å². The number of rotatable bonds is 3. The fourth-order valence-electron chi connectivity index (χ4n) is 1.90. The van der Waals surface area contributed by atoms with Crippen LogP contribution in [0.25, 0.3) is 11.0 Å². The maximum absolute atomic E-state index is 12.3. The lowest BCUT2D eigenvalue weighted by Gasteiger charge is -2.04. The standard InChI is InChI=1S/C13H11N3O2S/c17-19(18,10-11-6-2-1-3-7-11)16-13-9-5-4-8-12(13)14-15-16/h1-9H,10H2. The third-order valence-corrected chi connectivity index (χ3v) is 4.27. The average Bonchev–Trinajstić information content (AvgIpc) is 2.84. The molecule has 0 aliphatic carbocycles. The molecule has 0 fully saturated rings. The molecule has 3 rings (SSSR count). The van der Waals surface area contributed by atoms with Gasteiger partial charge in [-0.05, 0) is 17.7 Å². The summed E-state index contributed by atoms with van der Waals surface area (Å²) < 4.78 is 25.7. The van der Waals surface area contributed by atoms with E-state index in [9.17, 15) is 8.42 Å². The monoisotopic (exact) mass is 273 g/mol. The zero-order valence-corrected chi connectivity index (χ0v) is 10.8. The first kappa shape index (κ1) is 11.9. The summed E-state index contributed by atoms with van der Waals surface area (Å²) >= 11 is 0. The van der Waals surface area contributed by atoms with Gasteiger partial charge in [-0.25, -0.2) is 8.42 Å². The van der Waals surface area contributed by atoms with Crippen molar-refractivity contribution in [3.8, 4) is 0 Å². The Bertz CT molecular complexity index is 810. The van der Waals surface area contributed by atoms with Crippen LogP contribution >= 0.6 is 0 Å². The van der Waals surface area contributed by atoms with Crippen LogP contribution < -0.4 is 0 Å². The van der Waals surface area contributed by atoms with E-state index >= 15 is 0 Å². The topological polar surface area (TPSA) is 64.8 Å². The molecule has 0 unspecified atom stereocenters. The Morgan fingerprint density at radius 3 is 2.42 bits per heavy atom. The molecule has 19 heavy (non-hydrogen) atoms. The van der Waals surface area contributed by atoms with E-state index in [1.165, 1.54) is 0 Å². The Morgan fingerprint density at radius 1 is 0.947 bits per heavy atom. The highest BCUT2D eigenvalue weighted by Gasteiger charge is 2.18. The quantitative estimate of drug-likeness (QED) is 0.730. The van der Waals surface area contributed by atoms with Crippen LogP contribution in [0.2, 0.25) is 0 Å². The van der Waals surface area contributed by atoms with Gasteiger partial charge in [0.15, 0.2) is 0 Å². The highest BCUT2D eigenvalue weighted by Crippen LogP contribution is 2.15. The molecule has 0 atom stereocenters. The van der Waals surface area contributed by atoms with Crippen molar-refractivity contribution in [1.29, 1.82) is 0 Å². The maximum Gasteiger partial charge on any atom is 0.259 e. The zero-order chi connectivity index (χ0) is 13.3. The van der Waals surface area contributed by atoms with E-state index in [1.54, 1.807) is 36.4 Å². The molecular formula is C13H11N3O2S. The highest BCUT2D eigenvalue weighted by atomic mass is 32.2. The molecule has 3 aromatic rings. The van der Waals surface area contributed by atoms with Gasteiger partial charge in [-0.2, -0.15) is 0 Å². The average molecular weight is 273 g/mol. The summed E-state index contributed by atoms with van der Waals surface area (Å²) in [5.74, 6) is -0.0960. The summed E-state index contributed by atoms with van der Waals surface area (Å²) in [6, 6.07) is 16.0. The first-order chi connectivity index (χ1) is 9.17. The van der Waals surface area contributed by atoms with Crippen LogP contribution in [0.4, 0.5) is 0 Å². The summed E-state index contributed by atoms with van der Waals surface area (Å²) in [6.07, 6.45) is 0. The minimum Gasteiger partial charge on any atom is -0.204 e. The molecule has 0 radical (unpaired) electrons. The Labute approximate surface area is 110 Å². The number of aromatic nitrogens is 3. The summed E-state index contributed by atoms with van der Waals surface area (Å²) in [7, 11) is -3.55. The van der Waals surface area contributed by atoms with Gasteiger partial charge >= 0.3 is 0 Å². The largest absolute Gasteiger partial charge is 0.259 e. The molecule has 0 amide bonds. The molecular weight excluding hydrogens is 262 g/mol. The van der Waals surface area contributed by atoms with Gasteiger partial charge in [-0.1, -0.05) is 47.7 Å². The predicted molar refractivity (Wildman–Crippen MR) is 72.0 cm³/mol. The Morgan fingerprint density at radius 2 is 1.63 bits per heavy atom. The summed E-state index contributed by atoms with van der Waals surface area (Å²) in [4.78, 5) is 0. The molecule has 0 aliphatic heterocycles. The van der Waals surface area contributed by atoms with Gasteiger partial charge in [0.1, 0.15) is 11.0 Å². The van der Waals surface area contributed by atoms with Crippen molar-refractivity contribution in [1.82, 2.24) is 14.4 Å². The molecule has 0 saturated heterocycles. The van der Waals surface area contributed by atoms with Gasteiger partial charge in [0, 0.05) is 0 Å². The lowest BCUT2D eigenvalue weighted by Crippen LogP contribution is -2.16. The van der Waals surface area contributed by atoms with Gasteiger partial charge in [0.2, 0.25) is 0 Å². The fourth-order valence-corrected chi connectivity index (χ4v) is 3.24. The van der Waals surface area contributed by atoms with E-state index < -0.39 is 10.0 Å². The number of benzene rings is 2. The van der Waals surface area contributed by atoms with E-state index in [-0.39, 0.29) is 5.75 Å². The Kier molecular flexibility index (Phi) is 2.79. The van der Waals surface area contributed by atoms with Crippen LogP contribution in [0.1, 0.15) is 5.56 Å². The number of hydrogen-bond donors (Lipinski definition) is 0. The van der Waals surface area contributed by atoms with Crippen LogP contribution in [0, 0.1) is 0 Å². The summed E-state index contributed by atoms with van der Waals surface area (Å²) in [5, 5.41) is 7.60. The van der Waals surface area contributed by atoms with Crippen molar-refractivity contribution in [2.75, 3.05) is 0 Å². The van der Waals surface area contributed by atoms with Gasteiger partial charge in [-0.15, -0.1) is 9.19 Å². The molecule has 0 saturated carbocycles. The predicted octanol–water partition coefficient (Wildman–Crippen LogP) is 1.81. The van der Waals surface area contributed by atoms with Gasteiger partial charge < -0.3 is 0 Å². The second-order valence-corrected chi connectivity index (χ2v) is 5.96. The SMILES string of the molecule is O=S(=O)(Cc1ccccc1)n1nnc2ccccc21. The van der Waals surface area contributed by atoms with Crippen LogP contribution in [0.3, 0.4) is 0 Å². The van der Waals surface area contributed by atoms with E-state index in [4.69, 9.17) is 0 Å². The van der Waals surface area contributed by atoms with Crippen molar-refractivity contribution < 1.29 is 8.42 Å². The molecule has 5 nitrogen and oxygen atoms in total. The van der Waals surface area contributed by atoms with Gasteiger partial charge in [-0.3, -0.25) is 0 Å². The molecule has 0 spiro atoms. The van der Waals surface area contributed by atoms with Crippen molar-refractivity contribution >= 4 is 21.1 Å². The smallest absolute Gasteiger partial charge is 0.204 e. The first-order valence-corrected chi connectivity index (χ1v) is 7.35. The van der Waals surface area contributed by atoms with Crippen molar-refractivity contribution in [2.45, 2.75) is 5.75 Å². The third-order valence-electron chi connectivity index (χ3n) is 2.78. The minimum absolute atomic E-state index is 0.0960. The normalized spacial score (nSPS) is 11.8. The van der Waals surface area contributed by atoms with E-state index in [0.717, 1.165) is 9.65 Å².